The van der Waals surface area contributed by atoms with Crippen LogP contribution >= 0.6 is 0 Å². The van der Waals surface area contributed by atoms with Gasteiger partial charge < -0.3 is 9.80 Å². The molecule has 0 spiro atoms. The lowest BCUT2D eigenvalue weighted by Crippen LogP contribution is -2.44. The second-order valence-electron chi connectivity index (χ2n) is 6.63. The summed E-state index contributed by atoms with van der Waals surface area (Å²) in [6.45, 7) is 3.58. The summed E-state index contributed by atoms with van der Waals surface area (Å²) in [6, 6.07) is 6.40. The summed E-state index contributed by atoms with van der Waals surface area (Å²) in [5.74, 6) is 0.0519. The summed E-state index contributed by atoms with van der Waals surface area (Å²) in [4.78, 5) is 28.1. The maximum Gasteiger partial charge on any atom is 0.242 e. The number of benzene rings is 1. The summed E-state index contributed by atoms with van der Waals surface area (Å²) in [5, 5.41) is 0. The summed E-state index contributed by atoms with van der Waals surface area (Å²) < 4.78 is 13.5. The number of rotatable bonds is 3. The van der Waals surface area contributed by atoms with Crippen LogP contribution in [0.5, 0.6) is 0 Å². The fourth-order valence-electron chi connectivity index (χ4n) is 3.71. The minimum Gasteiger partial charge on any atom is -0.334 e. The Labute approximate surface area is 136 Å². The van der Waals surface area contributed by atoms with Gasteiger partial charge in [0.15, 0.2) is 0 Å². The van der Waals surface area contributed by atoms with Crippen LogP contribution < -0.4 is 0 Å². The third kappa shape index (κ3) is 3.38. The number of nitrogens with zero attached hydrogens (tertiary/aromatic N) is 2. The number of halogens is 1. The van der Waals surface area contributed by atoms with Crippen molar-refractivity contribution in [3.8, 4) is 0 Å². The third-order valence-corrected chi connectivity index (χ3v) is 4.96. The second kappa shape index (κ2) is 6.69. The van der Waals surface area contributed by atoms with Crippen molar-refractivity contribution in [1.29, 1.82) is 0 Å². The van der Waals surface area contributed by atoms with E-state index in [1.807, 2.05) is 11.0 Å². The van der Waals surface area contributed by atoms with Crippen LogP contribution in [0.25, 0.3) is 0 Å². The Balaban J connectivity index is 1.75. The minimum atomic E-state index is -0.278. The summed E-state index contributed by atoms with van der Waals surface area (Å²) in [6.07, 6.45) is 3.32. The first-order valence-electron chi connectivity index (χ1n) is 8.39. The quantitative estimate of drug-likeness (QED) is 0.860. The number of piperidine rings is 1. The summed E-state index contributed by atoms with van der Waals surface area (Å²) in [5.41, 5.74) is 0.841. The molecule has 23 heavy (non-hydrogen) atoms. The number of hydrogen-bond acceptors (Lipinski definition) is 2. The van der Waals surface area contributed by atoms with E-state index in [9.17, 15) is 14.0 Å². The largest absolute Gasteiger partial charge is 0.334 e. The van der Waals surface area contributed by atoms with Gasteiger partial charge >= 0.3 is 0 Å². The van der Waals surface area contributed by atoms with Crippen molar-refractivity contribution in [3.05, 3.63) is 35.6 Å². The SMILES string of the molecule is C[C@H]1CCN(C(=O)CN2CCCCC2=O)[C@H]1c1cccc(F)c1. The average molecular weight is 318 g/mol. The van der Waals surface area contributed by atoms with Crippen LogP contribution in [0.4, 0.5) is 4.39 Å². The fraction of sp³-hybridized carbons (Fsp3) is 0.556. The molecule has 0 saturated carbocycles. The highest BCUT2D eigenvalue weighted by molar-refractivity contribution is 5.85. The molecule has 0 N–H and O–H groups in total. The van der Waals surface area contributed by atoms with E-state index in [2.05, 4.69) is 6.92 Å². The van der Waals surface area contributed by atoms with E-state index in [1.54, 1.807) is 11.0 Å². The van der Waals surface area contributed by atoms with Crippen molar-refractivity contribution < 1.29 is 14.0 Å². The lowest BCUT2D eigenvalue weighted by atomic mass is 9.95. The van der Waals surface area contributed by atoms with Gasteiger partial charge in [0.05, 0.1) is 12.6 Å². The first-order chi connectivity index (χ1) is 11.1. The van der Waals surface area contributed by atoms with Gasteiger partial charge in [-0.25, -0.2) is 4.39 Å². The number of amides is 2. The molecule has 0 bridgehead atoms. The number of carbonyl (C=O) groups is 2. The van der Waals surface area contributed by atoms with Crippen LogP contribution in [0.2, 0.25) is 0 Å². The smallest absolute Gasteiger partial charge is 0.242 e. The van der Waals surface area contributed by atoms with Crippen molar-refractivity contribution in [2.45, 2.75) is 38.6 Å². The molecule has 2 amide bonds. The number of carbonyl (C=O) groups excluding carboxylic acids is 2. The van der Waals surface area contributed by atoms with Crippen molar-refractivity contribution >= 4 is 11.8 Å². The molecule has 0 unspecified atom stereocenters. The van der Waals surface area contributed by atoms with Gasteiger partial charge in [-0.15, -0.1) is 0 Å². The Morgan fingerprint density at radius 3 is 2.87 bits per heavy atom. The predicted molar refractivity (Wildman–Crippen MR) is 85.1 cm³/mol. The second-order valence-corrected chi connectivity index (χ2v) is 6.63. The van der Waals surface area contributed by atoms with Crippen molar-refractivity contribution in [3.63, 3.8) is 0 Å². The topological polar surface area (TPSA) is 40.6 Å². The molecule has 5 heteroatoms. The summed E-state index contributed by atoms with van der Waals surface area (Å²) >= 11 is 0. The van der Waals surface area contributed by atoms with E-state index in [4.69, 9.17) is 0 Å². The molecule has 2 aliphatic rings. The first-order valence-corrected chi connectivity index (χ1v) is 8.39. The van der Waals surface area contributed by atoms with Gasteiger partial charge in [0.25, 0.3) is 0 Å². The first kappa shape index (κ1) is 16.0. The van der Waals surface area contributed by atoms with E-state index in [0.717, 1.165) is 24.8 Å². The number of likely N-dealkylation sites (tertiary alicyclic amines) is 2. The highest BCUT2D eigenvalue weighted by Gasteiger charge is 2.36. The zero-order chi connectivity index (χ0) is 16.4. The van der Waals surface area contributed by atoms with Gasteiger partial charge in [-0.2, -0.15) is 0 Å². The van der Waals surface area contributed by atoms with E-state index in [-0.39, 0.29) is 36.1 Å². The molecular formula is C18H23FN2O2. The van der Waals surface area contributed by atoms with Crippen molar-refractivity contribution in [2.24, 2.45) is 5.92 Å². The van der Waals surface area contributed by atoms with Crippen LogP contribution in [-0.2, 0) is 9.59 Å². The Kier molecular flexibility index (Phi) is 4.64. The predicted octanol–water partition coefficient (Wildman–Crippen LogP) is 2.75. The zero-order valence-corrected chi connectivity index (χ0v) is 13.5. The van der Waals surface area contributed by atoms with Gasteiger partial charge in [-0.05, 0) is 42.9 Å². The Bertz CT molecular complexity index is 604. The molecule has 2 atom stereocenters. The molecule has 1 aromatic rings. The van der Waals surface area contributed by atoms with Crippen LogP contribution in [0, 0.1) is 11.7 Å². The molecule has 4 nitrogen and oxygen atoms in total. The van der Waals surface area contributed by atoms with Gasteiger partial charge in [0, 0.05) is 19.5 Å². The molecular weight excluding hydrogens is 295 g/mol. The van der Waals surface area contributed by atoms with E-state index >= 15 is 0 Å². The lowest BCUT2D eigenvalue weighted by molar-refractivity contribution is -0.142. The van der Waals surface area contributed by atoms with E-state index in [0.29, 0.717) is 19.5 Å². The standard InChI is InChI=1S/C18H23FN2O2/c1-13-8-10-21(18(13)14-5-4-6-15(19)11-14)17(23)12-20-9-3-2-7-16(20)22/h4-6,11,13,18H,2-3,7-10,12H2,1H3/t13-,18+/m0/s1. The van der Waals surface area contributed by atoms with E-state index in [1.165, 1.54) is 12.1 Å². The molecule has 2 fully saturated rings. The van der Waals surface area contributed by atoms with Crippen LogP contribution in [0.1, 0.15) is 44.2 Å². The van der Waals surface area contributed by atoms with Gasteiger partial charge in [0.2, 0.25) is 11.8 Å². The lowest BCUT2D eigenvalue weighted by Gasteiger charge is -2.32. The molecule has 3 rings (SSSR count). The van der Waals surface area contributed by atoms with Crippen LogP contribution in [0.15, 0.2) is 24.3 Å². The Morgan fingerprint density at radius 1 is 1.30 bits per heavy atom. The fourth-order valence-corrected chi connectivity index (χ4v) is 3.71. The van der Waals surface area contributed by atoms with Gasteiger partial charge in [-0.1, -0.05) is 19.1 Å². The van der Waals surface area contributed by atoms with Crippen molar-refractivity contribution in [2.75, 3.05) is 19.6 Å². The maximum absolute atomic E-state index is 13.5. The van der Waals surface area contributed by atoms with Gasteiger partial charge in [0.1, 0.15) is 5.82 Å². The van der Waals surface area contributed by atoms with E-state index < -0.39 is 0 Å². The maximum atomic E-state index is 13.5. The molecule has 2 heterocycles. The minimum absolute atomic E-state index is 0.0288. The third-order valence-electron chi connectivity index (χ3n) is 4.96. The highest BCUT2D eigenvalue weighted by atomic mass is 19.1. The molecule has 124 valence electrons. The molecule has 0 radical (unpaired) electrons. The van der Waals surface area contributed by atoms with Crippen LogP contribution in [0.3, 0.4) is 0 Å². The normalized spacial score (nSPS) is 25.0. The Hall–Kier alpha value is -1.91. The molecule has 2 aliphatic heterocycles. The molecule has 2 saturated heterocycles. The summed E-state index contributed by atoms with van der Waals surface area (Å²) in [7, 11) is 0. The molecule has 0 aromatic heterocycles. The highest BCUT2D eigenvalue weighted by Crippen LogP contribution is 2.37. The zero-order valence-electron chi connectivity index (χ0n) is 13.5. The molecule has 1 aromatic carbocycles. The van der Waals surface area contributed by atoms with Gasteiger partial charge in [-0.3, -0.25) is 9.59 Å². The average Bonchev–Trinajstić information content (AvgIpc) is 2.91. The monoisotopic (exact) mass is 318 g/mol. The molecule has 0 aliphatic carbocycles. The number of hydrogen-bond donors (Lipinski definition) is 0. The van der Waals surface area contributed by atoms with Crippen molar-refractivity contribution in [1.82, 2.24) is 9.80 Å². The Morgan fingerprint density at radius 2 is 2.13 bits per heavy atom. The van der Waals surface area contributed by atoms with Crippen LogP contribution in [-0.4, -0.2) is 41.2 Å².